The number of alkyl halides is 2. The van der Waals surface area contributed by atoms with Crippen LogP contribution in [0.2, 0.25) is 0 Å². The second-order valence-electron chi connectivity index (χ2n) is 9.65. The number of hydrogen-bond donors (Lipinski definition) is 0. The van der Waals surface area contributed by atoms with Crippen LogP contribution in [0.3, 0.4) is 0 Å². The number of carbonyl (C=O) groups excluding carboxylic acids is 1. The van der Waals surface area contributed by atoms with Gasteiger partial charge in [0.25, 0.3) is 11.5 Å². The van der Waals surface area contributed by atoms with Crippen molar-refractivity contribution < 1.29 is 23.0 Å². The fourth-order valence-corrected chi connectivity index (χ4v) is 5.39. The SMILES string of the molecule is Cc1cn(-c2ccc3n(c2=O)CCN(C[C@]24C[C@H]2COc2ccc(OC(C)(F)F)cc24)C3=O)cn1. The lowest BCUT2D eigenvalue weighted by Crippen LogP contribution is -2.48. The van der Waals surface area contributed by atoms with Crippen LogP contribution in [0.25, 0.3) is 5.69 Å². The summed E-state index contributed by atoms with van der Waals surface area (Å²) >= 11 is 0. The molecule has 35 heavy (non-hydrogen) atoms. The number of carbonyl (C=O) groups is 1. The summed E-state index contributed by atoms with van der Waals surface area (Å²) in [5.41, 5.74) is 1.75. The second kappa shape index (κ2) is 7.40. The first kappa shape index (κ1) is 21.8. The van der Waals surface area contributed by atoms with Crippen LogP contribution in [0, 0.1) is 12.8 Å². The van der Waals surface area contributed by atoms with Crippen molar-refractivity contribution in [3.63, 3.8) is 0 Å². The summed E-state index contributed by atoms with van der Waals surface area (Å²) in [4.78, 5) is 32.4. The highest BCUT2D eigenvalue weighted by Gasteiger charge is 2.60. The van der Waals surface area contributed by atoms with E-state index in [4.69, 9.17) is 9.47 Å². The molecule has 0 N–H and O–H groups in total. The number of nitrogens with zero attached hydrogens (tertiary/aromatic N) is 4. The standard InChI is InChI=1S/C25H24F2N4O4/c1-15-11-30(14-28-15)19-4-5-20-22(32)29(7-8-31(20)23(19)33)13-25-10-16(25)12-34-21-6-3-17(9-18(21)25)35-24(2,26)27/h3-6,9,11,14,16H,7-8,10,12-13H2,1-2H3/t16-,25+/m0/s1. The topological polar surface area (TPSA) is 78.6 Å². The van der Waals surface area contributed by atoms with Crippen LogP contribution < -0.4 is 15.0 Å². The normalized spacial score (nSPS) is 22.7. The number of halogens is 2. The van der Waals surface area contributed by atoms with Gasteiger partial charge in [0.05, 0.1) is 18.6 Å². The van der Waals surface area contributed by atoms with Gasteiger partial charge in [-0.2, -0.15) is 8.78 Å². The molecule has 10 heteroatoms. The Kier molecular flexibility index (Phi) is 4.61. The second-order valence-corrected chi connectivity index (χ2v) is 9.65. The number of amides is 1. The van der Waals surface area contributed by atoms with Gasteiger partial charge >= 0.3 is 6.11 Å². The van der Waals surface area contributed by atoms with Gasteiger partial charge in [-0.25, -0.2) is 4.98 Å². The molecule has 3 aliphatic rings. The number of aryl methyl sites for hydroxylation is 1. The van der Waals surface area contributed by atoms with Crippen LogP contribution in [0.4, 0.5) is 8.78 Å². The van der Waals surface area contributed by atoms with E-state index in [0.717, 1.165) is 17.7 Å². The number of rotatable bonds is 5. The summed E-state index contributed by atoms with van der Waals surface area (Å²) in [6.07, 6.45) is 0.842. The van der Waals surface area contributed by atoms with Crippen LogP contribution >= 0.6 is 0 Å². The van der Waals surface area contributed by atoms with Crippen LogP contribution in [0.5, 0.6) is 11.5 Å². The molecule has 1 aromatic carbocycles. The van der Waals surface area contributed by atoms with Gasteiger partial charge in [-0.1, -0.05) is 0 Å². The third-order valence-electron chi connectivity index (χ3n) is 7.17. The maximum absolute atomic E-state index is 13.4. The van der Waals surface area contributed by atoms with Crippen molar-refractivity contribution in [1.82, 2.24) is 19.0 Å². The van der Waals surface area contributed by atoms with Crippen LogP contribution in [-0.4, -0.2) is 50.7 Å². The van der Waals surface area contributed by atoms with Crippen molar-refractivity contribution >= 4 is 5.91 Å². The fourth-order valence-electron chi connectivity index (χ4n) is 5.39. The molecule has 3 aromatic rings. The number of imidazole rings is 1. The van der Waals surface area contributed by atoms with Crippen molar-refractivity contribution in [3.8, 4) is 17.2 Å². The van der Waals surface area contributed by atoms with E-state index in [-0.39, 0.29) is 28.5 Å². The summed E-state index contributed by atoms with van der Waals surface area (Å²) in [7, 11) is 0. The van der Waals surface area contributed by atoms with Gasteiger partial charge in [0.1, 0.15) is 22.9 Å². The quantitative estimate of drug-likeness (QED) is 0.559. The number of ether oxygens (including phenoxy) is 2. The van der Waals surface area contributed by atoms with Gasteiger partial charge in [-0.05, 0) is 43.7 Å². The van der Waals surface area contributed by atoms with E-state index in [1.807, 2.05) is 6.92 Å². The lowest BCUT2D eigenvalue weighted by molar-refractivity contribution is -0.159. The van der Waals surface area contributed by atoms with Crippen molar-refractivity contribution in [3.05, 3.63) is 70.2 Å². The van der Waals surface area contributed by atoms with Gasteiger partial charge in [0.2, 0.25) is 0 Å². The smallest absolute Gasteiger partial charge is 0.394 e. The Labute approximate surface area is 199 Å². The van der Waals surface area contributed by atoms with Crippen LogP contribution in [-0.2, 0) is 12.0 Å². The van der Waals surface area contributed by atoms with Gasteiger partial charge in [-0.3, -0.25) is 9.59 Å². The molecule has 0 unspecified atom stereocenters. The van der Waals surface area contributed by atoms with Crippen molar-refractivity contribution in [2.75, 3.05) is 19.7 Å². The number of aromatic nitrogens is 3. The summed E-state index contributed by atoms with van der Waals surface area (Å²) in [5, 5.41) is 0. The first-order valence-electron chi connectivity index (χ1n) is 11.5. The molecule has 2 atom stereocenters. The van der Waals surface area contributed by atoms with E-state index in [1.165, 1.54) is 10.6 Å². The third kappa shape index (κ3) is 3.59. The molecule has 1 amide bonds. The van der Waals surface area contributed by atoms with Crippen molar-refractivity contribution in [2.24, 2.45) is 5.92 Å². The van der Waals surface area contributed by atoms with E-state index >= 15 is 0 Å². The Morgan fingerprint density at radius 3 is 2.80 bits per heavy atom. The highest BCUT2D eigenvalue weighted by Crippen LogP contribution is 2.60. The van der Waals surface area contributed by atoms with Crippen LogP contribution in [0.15, 0.2) is 47.7 Å². The minimum atomic E-state index is -3.30. The van der Waals surface area contributed by atoms with Gasteiger partial charge in [0, 0.05) is 49.7 Å². The zero-order valence-corrected chi connectivity index (χ0v) is 19.3. The first-order chi connectivity index (χ1) is 16.6. The molecule has 8 nitrogen and oxygen atoms in total. The predicted octanol–water partition coefficient (Wildman–Crippen LogP) is 3.14. The molecule has 1 aliphatic carbocycles. The molecule has 0 bridgehead atoms. The van der Waals surface area contributed by atoms with Crippen molar-refractivity contribution in [1.29, 1.82) is 0 Å². The Morgan fingerprint density at radius 2 is 2.06 bits per heavy atom. The maximum Gasteiger partial charge on any atom is 0.394 e. The van der Waals surface area contributed by atoms with Gasteiger partial charge in [-0.15, -0.1) is 0 Å². The highest BCUT2D eigenvalue weighted by molar-refractivity contribution is 5.93. The molecule has 1 fully saturated rings. The minimum Gasteiger partial charge on any atom is -0.493 e. The van der Waals surface area contributed by atoms with E-state index in [0.29, 0.717) is 50.3 Å². The molecule has 0 radical (unpaired) electrons. The molecule has 4 heterocycles. The summed E-state index contributed by atoms with van der Waals surface area (Å²) in [6, 6.07) is 8.06. The zero-order valence-electron chi connectivity index (χ0n) is 19.3. The van der Waals surface area contributed by atoms with Gasteiger partial charge < -0.3 is 23.5 Å². The minimum absolute atomic E-state index is 0.0657. The van der Waals surface area contributed by atoms with Gasteiger partial charge in [0.15, 0.2) is 0 Å². The van der Waals surface area contributed by atoms with Crippen molar-refractivity contribution in [2.45, 2.75) is 38.3 Å². The summed E-state index contributed by atoms with van der Waals surface area (Å²) in [6.45, 7) is 4.24. The molecular formula is C25H24F2N4O4. The first-order valence-corrected chi connectivity index (χ1v) is 11.5. The maximum atomic E-state index is 13.4. The molecular weight excluding hydrogens is 458 g/mol. The Hall–Kier alpha value is -3.69. The molecule has 2 aliphatic heterocycles. The average Bonchev–Trinajstić information content (AvgIpc) is 3.37. The Bertz CT molecular complexity index is 1410. The van der Waals surface area contributed by atoms with E-state index in [9.17, 15) is 18.4 Å². The Balaban J connectivity index is 1.29. The van der Waals surface area contributed by atoms with Crippen LogP contribution in [0.1, 0.15) is 35.1 Å². The molecule has 1 saturated carbocycles. The number of benzene rings is 1. The zero-order chi connectivity index (χ0) is 24.5. The largest absolute Gasteiger partial charge is 0.493 e. The lowest BCUT2D eigenvalue weighted by Gasteiger charge is -2.35. The predicted molar refractivity (Wildman–Crippen MR) is 121 cm³/mol. The van der Waals surface area contributed by atoms with E-state index < -0.39 is 6.11 Å². The fraction of sp³-hybridized carbons (Fsp3) is 0.400. The monoisotopic (exact) mass is 482 g/mol. The number of pyridine rings is 1. The number of hydrogen-bond acceptors (Lipinski definition) is 5. The molecule has 6 rings (SSSR count). The Morgan fingerprint density at radius 1 is 1.23 bits per heavy atom. The number of fused-ring (bicyclic) bond motifs is 4. The van der Waals surface area contributed by atoms with E-state index in [2.05, 4.69) is 4.98 Å². The molecule has 0 spiro atoms. The highest BCUT2D eigenvalue weighted by atomic mass is 19.3. The van der Waals surface area contributed by atoms with E-state index in [1.54, 1.807) is 46.3 Å². The summed E-state index contributed by atoms with van der Waals surface area (Å²) < 4.78 is 40.7. The third-order valence-corrected chi connectivity index (χ3v) is 7.17. The average molecular weight is 482 g/mol. The lowest BCUT2D eigenvalue weighted by atomic mass is 9.89. The summed E-state index contributed by atoms with van der Waals surface area (Å²) in [5.74, 6) is 0.668. The molecule has 0 saturated heterocycles. The molecule has 2 aromatic heterocycles. The molecule has 182 valence electrons.